The minimum Gasteiger partial charge on any atom is -0.497 e. The van der Waals surface area contributed by atoms with E-state index in [4.69, 9.17) is 18.9 Å². The highest BCUT2D eigenvalue weighted by Crippen LogP contribution is 2.36. The Morgan fingerprint density at radius 2 is 1.33 bits per heavy atom. The van der Waals surface area contributed by atoms with Crippen LogP contribution in [0.15, 0.2) is 34.8 Å². The van der Waals surface area contributed by atoms with Crippen molar-refractivity contribution in [2.75, 3.05) is 28.4 Å². The van der Waals surface area contributed by atoms with E-state index in [1.54, 1.807) is 28.4 Å². The fraction of sp³-hybridized carbons (Fsp3) is 0.333. The van der Waals surface area contributed by atoms with E-state index in [0.717, 1.165) is 27.1 Å². The highest BCUT2D eigenvalue weighted by Gasteiger charge is 2.10. The van der Waals surface area contributed by atoms with Crippen LogP contribution in [-0.2, 0) is 13.1 Å². The molecule has 0 bridgehead atoms. The quantitative estimate of drug-likeness (QED) is 0.736. The zero-order chi connectivity index (χ0) is 17.5. The Kier molecular flexibility index (Phi) is 6.75. The maximum absolute atomic E-state index is 5.37. The molecule has 0 saturated heterocycles. The standard InChI is InChI=1S/C18H22BrNO4/c1-21-14-5-12(6-15(9-14)22-2)10-20-11-13-7-16(19)18(24-4)17(8-13)23-3/h5-9,20H,10-11H2,1-4H3. The van der Waals surface area contributed by atoms with Crippen LogP contribution in [0.3, 0.4) is 0 Å². The summed E-state index contributed by atoms with van der Waals surface area (Å²) in [6.07, 6.45) is 0. The number of hydrogen-bond donors (Lipinski definition) is 1. The second-order valence-electron chi connectivity index (χ2n) is 5.14. The van der Waals surface area contributed by atoms with E-state index in [9.17, 15) is 0 Å². The number of hydrogen-bond acceptors (Lipinski definition) is 5. The normalized spacial score (nSPS) is 10.4. The van der Waals surface area contributed by atoms with Gasteiger partial charge in [-0.05, 0) is 51.3 Å². The van der Waals surface area contributed by atoms with Gasteiger partial charge in [-0.3, -0.25) is 0 Å². The van der Waals surface area contributed by atoms with Gasteiger partial charge in [0.1, 0.15) is 11.5 Å². The molecule has 6 heteroatoms. The molecule has 0 radical (unpaired) electrons. The van der Waals surface area contributed by atoms with Crippen molar-refractivity contribution in [1.29, 1.82) is 0 Å². The highest BCUT2D eigenvalue weighted by molar-refractivity contribution is 9.10. The molecule has 2 rings (SSSR count). The molecule has 0 atom stereocenters. The van der Waals surface area contributed by atoms with Crippen LogP contribution in [0.2, 0.25) is 0 Å². The van der Waals surface area contributed by atoms with Crippen LogP contribution in [0, 0.1) is 0 Å². The Bertz CT molecular complexity index is 669. The maximum Gasteiger partial charge on any atom is 0.174 e. The molecule has 130 valence electrons. The molecule has 2 aromatic rings. The smallest absolute Gasteiger partial charge is 0.174 e. The number of ether oxygens (including phenoxy) is 4. The summed E-state index contributed by atoms with van der Waals surface area (Å²) >= 11 is 3.51. The molecule has 0 aliphatic heterocycles. The van der Waals surface area contributed by atoms with Crippen LogP contribution < -0.4 is 24.3 Å². The van der Waals surface area contributed by atoms with Crippen molar-refractivity contribution in [3.05, 3.63) is 45.9 Å². The third-order valence-electron chi connectivity index (χ3n) is 3.56. The van der Waals surface area contributed by atoms with E-state index >= 15 is 0 Å². The average molecular weight is 396 g/mol. The Hall–Kier alpha value is -1.92. The largest absolute Gasteiger partial charge is 0.497 e. The van der Waals surface area contributed by atoms with Gasteiger partial charge >= 0.3 is 0 Å². The molecule has 0 aromatic heterocycles. The molecule has 0 saturated carbocycles. The lowest BCUT2D eigenvalue weighted by molar-refractivity contribution is 0.352. The number of halogens is 1. The van der Waals surface area contributed by atoms with Gasteiger partial charge in [-0.15, -0.1) is 0 Å². The van der Waals surface area contributed by atoms with E-state index in [2.05, 4.69) is 21.2 Å². The van der Waals surface area contributed by atoms with Crippen LogP contribution >= 0.6 is 15.9 Å². The summed E-state index contributed by atoms with van der Waals surface area (Å²) in [4.78, 5) is 0. The van der Waals surface area contributed by atoms with Crippen molar-refractivity contribution in [3.63, 3.8) is 0 Å². The van der Waals surface area contributed by atoms with Gasteiger partial charge in [0.2, 0.25) is 0 Å². The molecule has 0 aliphatic rings. The first-order valence-corrected chi connectivity index (χ1v) is 8.23. The van der Waals surface area contributed by atoms with Crippen LogP contribution in [0.25, 0.3) is 0 Å². The summed E-state index contributed by atoms with van der Waals surface area (Å²) in [6, 6.07) is 9.80. The van der Waals surface area contributed by atoms with Crippen molar-refractivity contribution in [1.82, 2.24) is 5.32 Å². The fourth-order valence-electron chi connectivity index (χ4n) is 2.39. The van der Waals surface area contributed by atoms with Crippen molar-refractivity contribution in [2.45, 2.75) is 13.1 Å². The Morgan fingerprint density at radius 3 is 1.83 bits per heavy atom. The van der Waals surface area contributed by atoms with E-state index in [1.165, 1.54) is 0 Å². The molecule has 0 aliphatic carbocycles. The van der Waals surface area contributed by atoms with Gasteiger partial charge in [-0.2, -0.15) is 0 Å². The van der Waals surface area contributed by atoms with E-state index < -0.39 is 0 Å². The Balaban J connectivity index is 2.05. The van der Waals surface area contributed by atoms with Crippen LogP contribution in [-0.4, -0.2) is 28.4 Å². The molecule has 0 unspecified atom stereocenters. The summed E-state index contributed by atoms with van der Waals surface area (Å²) in [5.74, 6) is 2.95. The molecule has 0 fully saturated rings. The lowest BCUT2D eigenvalue weighted by Gasteiger charge is -2.13. The van der Waals surface area contributed by atoms with Crippen LogP contribution in [0.1, 0.15) is 11.1 Å². The number of rotatable bonds is 8. The topological polar surface area (TPSA) is 49.0 Å². The highest BCUT2D eigenvalue weighted by atomic mass is 79.9. The second kappa shape index (κ2) is 8.80. The van der Waals surface area contributed by atoms with Crippen LogP contribution in [0.5, 0.6) is 23.0 Å². The van der Waals surface area contributed by atoms with Gasteiger partial charge in [-0.1, -0.05) is 0 Å². The third-order valence-corrected chi connectivity index (χ3v) is 4.15. The SMILES string of the molecule is COc1cc(CNCc2cc(Br)c(OC)c(OC)c2)cc(OC)c1. The summed E-state index contributed by atoms with van der Waals surface area (Å²) in [7, 11) is 6.54. The number of methoxy groups -OCH3 is 4. The van der Waals surface area contributed by atoms with Gasteiger partial charge in [0.05, 0.1) is 32.9 Å². The zero-order valence-corrected chi connectivity index (χ0v) is 15.9. The van der Waals surface area contributed by atoms with E-state index in [-0.39, 0.29) is 0 Å². The van der Waals surface area contributed by atoms with Gasteiger partial charge in [0.25, 0.3) is 0 Å². The maximum atomic E-state index is 5.37. The second-order valence-corrected chi connectivity index (χ2v) is 5.99. The molecule has 2 aromatic carbocycles. The summed E-state index contributed by atoms with van der Waals surface area (Å²) < 4.78 is 22.1. The lowest BCUT2D eigenvalue weighted by atomic mass is 10.1. The fourth-order valence-corrected chi connectivity index (χ4v) is 3.04. The summed E-state index contributed by atoms with van der Waals surface area (Å²) in [5, 5.41) is 3.41. The molecule has 0 spiro atoms. The van der Waals surface area contributed by atoms with Crippen LogP contribution in [0.4, 0.5) is 0 Å². The molecule has 0 heterocycles. The summed E-state index contributed by atoms with van der Waals surface area (Å²) in [5.41, 5.74) is 2.18. The predicted octanol–water partition coefficient (Wildman–Crippen LogP) is 3.77. The van der Waals surface area contributed by atoms with Gasteiger partial charge in [0, 0.05) is 19.2 Å². The first-order chi connectivity index (χ1) is 11.6. The van der Waals surface area contributed by atoms with Gasteiger partial charge in [-0.25, -0.2) is 0 Å². The van der Waals surface area contributed by atoms with Crippen molar-refractivity contribution in [2.24, 2.45) is 0 Å². The third kappa shape index (κ3) is 4.55. The van der Waals surface area contributed by atoms with Crippen molar-refractivity contribution < 1.29 is 18.9 Å². The average Bonchev–Trinajstić information content (AvgIpc) is 2.60. The van der Waals surface area contributed by atoms with Gasteiger partial charge in [0.15, 0.2) is 11.5 Å². The monoisotopic (exact) mass is 395 g/mol. The molecule has 5 nitrogen and oxygen atoms in total. The molecule has 0 amide bonds. The van der Waals surface area contributed by atoms with Crippen molar-refractivity contribution >= 4 is 15.9 Å². The molecule has 24 heavy (non-hydrogen) atoms. The Labute approximate surface area is 151 Å². The Morgan fingerprint density at radius 1 is 0.750 bits per heavy atom. The van der Waals surface area contributed by atoms with Gasteiger partial charge < -0.3 is 24.3 Å². The number of benzene rings is 2. The molecule has 1 N–H and O–H groups in total. The minimum absolute atomic E-state index is 0.693. The summed E-state index contributed by atoms with van der Waals surface area (Å²) in [6.45, 7) is 1.39. The predicted molar refractivity (Wildman–Crippen MR) is 97.3 cm³/mol. The minimum atomic E-state index is 0.693. The lowest BCUT2D eigenvalue weighted by Crippen LogP contribution is -2.13. The van der Waals surface area contributed by atoms with Crippen molar-refractivity contribution in [3.8, 4) is 23.0 Å². The first kappa shape index (κ1) is 18.4. The molecular weight excluding hydrogens is 374 g/mol. The molecular formula is C18H22BrNO4. The first-order valence-electron chi connectivity index (χ1n) is 7.44. The van der Waals surface area contributed by atoms with E-state index in [0.29, 0.717) is 24.6 Å². The van der Waals surface area contributed by atoms with E-state index in [1.807, 2.05) is 30.3 Å². The number of nitrogens with one attached hydrogen (secondary N) is 1. The zero-order valence-electron chi connectivity index (χ0n) is 14.3.